The van der Waals surface area contributed by atoms with Crippen LogP contribution in [0, 0.1) is 0 Å². The summed E-state index contributed by atoms with van der Waals surface area (Å²) in [4.78, 5) is 13.8. The van der Waals surface area contributed by atoms with E-state index in [0.29, 0.717) is 10.4 Å². The van der Waals surface area contributed by atoms with Crippen LogP contribution < -0.4 is 5.32 Å². The van der Waals surface area contributed by atoms with E-state index in [-0.39, 0.29) is 11.9 Å². The van der Waals surface area contributed by atoms with Crippen molar-refractivity contribution in [2.24, 2.45) is 0 Å². The molecule has 4 nitrogen and oxygen atoms in total. The van der Waals surface area contributed by atoms with Gasteiger partial charge >= 0.3 is 0 Å². The number of nitrogens with zero attached hydrogens (tertiary/aromatic N) is 1. The van der Waals surface area contributed by atoms with Gasteiger partial charge in [0.1, 0.15) is 0 Å². The zero-order valence-electron chi connectivity index (χ0n) is 9.79. The first-order valence-electron chi connectivity index (χ1n) is 5.20. The average Bonchev–Trinajstić information content (AvgIpc) is 2.62. The molecule has 90 valence electrons. The Bertz CT molecular complexity index is 350. The standard InChI is InChI=1S/C11H17BrN2O2/c1-8(6-7-14(2)3)13-11(15)9-4-5-10(12)16-9/h4-5,8H,6-7H2,1-3H3,(H,13,15). The molecular weight excluding hydrogens is 272 g/mol. The number of amides is 1. The zero-order chi connectivity index (χ0) is 12.1. The van der Waals surface area contributed by atoms with E-state index in [0.717, 1.165) is 13.0 Å². The van der Waals surface area contributed by atoms with Crippen LogP contribution >= 0.6 is 15.9 Å². The first kappa shape index (κ1) is 13.3. The summed E-state index contributed by atoms with van der Waals surface area (Å²) in [6.45, 7) is 2.93. The lowest BCUT2D eigenvalue weighted by atomic mass is 10.2. The third kappa shape index (κ3) is 4.37. The van der Waals surface area contributed by atoms with Crippen molar-refractivity contribution in [1.82, 2.24) is 10.2 Å². The van der Waals surface area contributed by atoms with Crippen LogP contribution in [0.1, 0.15) is 23.9 Å². The van der Waals surface area contributed by atoms with E-state index in [1.54, 1.807) is 12.1 Å². The van der Waals surface area contributed by atoms with E-state index in [2.05, 4.69) is 26.1 Å². The Balaban J connectivity index is 2.39. The van der Waals surface area contributed by atoms with Crippen molar-refractivity contribution in [3.05, 3.63) is 22.6 Å². The number of furan rings is 1. The summed E-state index contributed by atoms with van der Waals surface area (Å²) in [6.07, 6.45) is 0.917. The molecule has 16 heavy (non-hydrogen) atoms. The van der Waals surface area contributed by atoms with Crippen LogP contribution in [0.4, 0.5) is 0 Å². The Morgan fingerprint density at radius 2 is 2.25 bits per heavy atom. The molecule has 0 radical (unpaired) electrons. The average molecular weight is 289 g/mol. The van der Waals surface area contributed by atoms with Crippen LogP contribution in [-0.4, -0.2) is 37.5 Å². The smallest absolute Gasteiger partial charge is 0.287 e. The topological polar surface area (TPSA) is 45.5 Å². The van der Waals surface area contributed by atoms with E-state index in [1.807, 2.05) is 21.0 Å². The summed E-state index contributed by atoms with van der Waals surface area (Å²) in [5.74, 6) is 0.167. The van der Waals surface area contributed by atoms with Gasteiger partial charge in [-0.05, 0) is 62.0 Å². The van der Waals surface area contributed by atoms with Gasteiger partial charge in [0.25, 0.3) is 5.91 Å². The molecule has 1 atom stereocenters. The number of hydrogen-bond acceptors (Lipinski definition) is 3. The van der Waals surface area contributed by atoms with Crippen LogP contribution in [0.2, 0.25) is 0 Å². The molecule has 1 unspecified atom stereocenters. The van der Waals surface area contributed by atoms with Gasteiger partial charge in [0.2, 0.25) is 0 Å². The molecule has 1 heterocycles. The second-order valence-corrected chi connectivity index (χ2v) is 4.85. The minimum absolute atomic E-state index is 0.138. The third-order valence-corrected chi connectivity index (χ3v) is 2.61. The van der Waals surface area contributed by atoms with Crippen molar-refractivity contribution < 1.29 is 9.21 Å². The summed E-state index contributed by atoms with van der Waals surface area (Å²) in [6, 6.07) is 3.50. The number of halogens is 1. The van der Waals surface area contributed by atoms with Gasteiger partial charge in [0.05, 0.1) is 0 Å². The van der Waals surface area contributed by atoms with Crippen molar-refractivity contribution in [1.29, 1.82) is 0 Å². The first-order chi connectivity index (χ1) is 7.49. The maximum Gasteiger partial charge on any atom is 0.287 e. The maximum atomic E-state index is 11.7. The quantitative estimate of drug-likeness (QED) is 0.903. The molecular formula is C11H17BrN2O2. The van der Waals surface area contributed by atoms with Crippen LogP contribution in [-0.2, 0) is 0 Å². The predicted octanol–water partition coefficient (Wildman–Crippen LogP) is 2.11. The fraction of sp³-hybridized carbons (Fsp3) is 0.545. The van der Waals surface area contributed by atoms with Crippen LogP contribution in [0.3, 0.4) is 0 Å². The van der Waals surface area contributed by atoms with E-state index in [4.69, 9.17) is 4.42 Å². The Kier molecular flexibility index (Phi) is 5.02. The second kappa shape index (κ2) is 6.06. The molecule has 0 fully saturated rings. The summed E-state index contributed by atoms with van der Waals surface area (Å²) in [5, 5.41) is 2.88. The molecule has 1 aromatic heterocycles. The fourth-order valence-electron chi connectivity index (χ4n) is 1.26. The number of hydrogen-bond donors (Lipinski definition) is 1. The lowest BCUT2D eigenvalue weighted by Crippen LogP contribution is -2.34. The summed E-state index contributed by atoms with van der Waals surface area (Å²) < 4.78 is 5.73. The number of nitrogens with one attached hydrogen (secondary N) is 1. The highest BCUT2D eigenvalue weighted by molar-refractivity contribution is 9.10. The van der Waals surface area contributed by atoms with Gasteiger partial charge in [-0.2, -0.15) is 0 Å². The third-order valence-electron chi connectivity index (χ3n) is 2.18. The molecule has 1 amide bonds. The van der Waals surface area contributed by atoms with Crippen molar-refractivity contribution in [3.63, 3.8) is 0 Å². The van der Waals surface area contributed by atoms with Gasteiger partial charge < -0.3 is 14.6 Å². The summed E-state index contributed by atoms with van der Waals surface area (Å²) >= 11 is 3.16. The van der Waals surface area contributed by atoms with Crippen molar-refractivity contribution >= 4 is 21.8 Å². The maximum absolute atomic E-state index is 11.7. The Morgan fingerprint density at radius 3 is 2.75 bits per heavy atom. The van der Waals surface area contributed by atoms with Crippen LogP contribution in [0.25, 0.3) is 0 Å². The molecule has 1 N–H and O–H groups in total. The molecule has 0 aliphatic carbocycles. The predicted molar refractivity (Wildman–Crippen MR) is 66.5 cm³/mol. The van der Waals surface area contributed by atoms with Gasteiger partial charge in [-0.3, -0.25) is 4.79 Å². The van der Waals surface area contributed by atoms with Crippen LogP contribution in [0.15, 0.2) is 21.2 Å². The monoisotopic (exact) mass is 288 g/mol. The highest BCUT2D eigenvalue weighted by Gasteiger charge is 2.13. The van der Waals surface area contributed by atoms with Gasteiger partial charge in [0, 0.05) is 6.04 Å². The van der Waals surface area contributed by atoms with E-state index in [1.165, 1.54) is 0 Å². The zero-order valence-corrected chi connectivity index (χ0v) is 11.4. The van der Waals surface area contributed by atoms with Gasteiger partial charge in [0.15, 0.2) is 10.4 Å². The lowest BCUT2D eigenvalue weighted by Gasteiger charge is -2.15. The fourth-order valence-corrected chi connectivity index (χ4v) is 1.56. The van der Waals surface area contributed by atoms with Crippen LogP contribution in [0.5, 0.6) is 0 Å². The number of rotatable bonds is 5. The summed E-state index contributed by atoms with van der Waals surface area (Å²) in [7, 11) is 4.02. The van der Waals surface area contributed by atoms with Gasteiger partial charge in [-0.15, -0.1) is 0 Å². The molecule has 0 aromatic carbocycles. The van der Waals surface area contributed by atoms with Crippen molar-refractivity contribution in [2.45, 2.75) is 19.4 Å². The van der Waals surface area contributed by atoms with Gasteiger partial charge in [-0.1, -0.05) is 0 Å². The van der Waals surface area contributed by atoms with Gasteiger partial charge in [-0.25, -0.2) is 0 Å². The molecule has 0 saturated heterocycles. The molecule has 1 rings (SSSR count). The highest BCUT2D eigenvalue weighted by atomic mass is 79.9. The second-order valence-electron chi connectivity index (χ2n) is 4.07. The Hall–Kier alpha value is -0.810. The van der Waals surface area contributed by atoms with Crippen molar-refractivity contribution in [3.8, 4) is 0 Å². The number of carbonyl (C=O) groups excluding carboxylic acids is 1. The molecule has 5 heteroatoms. The minimum Gasteiger partial charge on any atom is -0.444 e. The molecule has 0 aliphatic rings. The summed E-state index contributed by atoms with van der Waals surface area (Å²) in [5.41, 5.74) is 0. The highest BCUT2D eigenvalue weighted by Crippen LogP contribution is 2.13. The molecule has 0 aliphatic heterocycles. The van der Waals surface area contributed by atoms with E-state index < -0.39 is 0 Å². The molecule has 0 bridgehead atoms. The van der Waals surface area contributed by atoms with E-state index >= 15 is 0 Å². The largest absolute Gasteiger partial charge is 0.444 e. The normalized spacial score (nSPS) is 12.8. The van der Waals surface area contributed by atoms with E-state index in [9.17, 15) is 4.79 Å². The molecule has 0 saturated carbocycles. The minimum atomic E-state index is -0.169. The Labute approximate surface area is 104 Å². The number of carbonyl (C=O) groups is 1. The molecule has 0 spiro atoms. The lowest BCUT2D eigenvalue weighted by molar-refractivity contribution is 0.0907. The first-order valence-corrected chi connectivity index (χ1v) is 5.99. The SMILES string of the molecule is CC(CCN(C)C)NC(=O)c1ccc(Br)o1. The Morgan fingerprint density at radius 1 is 1.56 bits per heavy atom. The van der Waals surface area contributed by atoms with Crippen molar-refractivity contribution in [2.75, 3.05) is 20.6 Å². The molecule has 1 aromatic rings.